The lowest BCUT2D eigenvalue weighted by atomic mass is 10.1. The number of aromatic nitrogens is 2. The molecule has 24 heavy (non-hydrogen) atoms. The molecule has 0 saturated heterocycles. The topological polar surface area (TPSA) is 96.3 Å². The number of carboxylic acid groups (broad SMARTS) is 1. The minimum atomic E-state index is -1.05. The summed E-state index contributed by atoms with van der Waals surface area (Å²) in [5.74, 6) is -0.151. The minimum Gasteiger partial charge on any atom is -0.465 e. The van der Waals surface area contributed by atoms with Crippen LogP contribution in [0.4, 0.5) is 4.79 Å². The number of nitrogens with one attached hydrogen (secondary N) is 2. The average molecular weight is 324 g/mol. The SMILES string of the molecule is CNC(=O)c1ccc2c(c1)ncn2-c1ccc(CNC(=O)O)cc1. The van der Waals surface area contributed by atoms with Crippen LogP contribution >= 0.6 is 0 Å². The van der Waals surface area contributed by atoms with Gasteiger partial charge in [-0.05, 0) is 35.9 Å². The molecule has 0 atom stereocenters. The van der Waals surface area contributed by atoms with E-state index in [1.165, 1.54) is 0 Å². The van der Waals surface area contributed by atoms with Gasteiger partial charge in [-0.15, -0.1) is 0 Å². The number of imidazole rings is 1. The smallest absolute Gasteiger partial charge is 0.404 e. The van der Waals surface area contributed by atoms with Crippen molar-refractivity contribution >= 4 is 23.0 Å². The Labute approximate surface area is 137 Å². The standard InChI is InChI=1S/C17H16N4O3/c1-18-16(22)12-4-7-15-14(8-12)20-10-21(15)13-5-2-11(3-6-13)9-19-17(23)24/h2-8,10,19H,9H2,1H3,(H,18,22)(H,23,24). The fourth-order valence-electron chi connectivity index (χ4n) is 2.46. The summed E-state index contributed by atoms with van der Waals surface area (Å²) in [6, 6.07) is 12.9. The maximum atomic E-state index is 11.7. The molecule has 2 aromatic carbocycles. The zero-order valence-corrected chi connectivity index (χ0v) is 13.0. The van der Waals surface area contributed by atoms with Crippen molar-refractivity contribution in [2.24, 2.45) is 0 Å². The first-order valence-electron chi connectivity index (χ1n) is 7.34. The zero-order chi connectivity index (χ0) is 17.1. The molecule has 0 radical (unpaired) electrons. The summed E-state index contributed by atoms with van der Waals surface area (Å²) in [5, 5.41) is 13.5. The molecule has 0 fully saturated rings. The molecule has 0 saturated carbocycles. The molecule has 0 aliphatic rings. The molecule has 3 N–H and O–H groups in total. The fraction of sp³-hybridized carbons (Fsp3) is 0.118. The summed E-state index contributed by atoms with van der Waals surface area (Å²) in [6.45, 7) is 0.260. The third kappa shape index (κ3) is 3.05. The van der Waals surface area contributed by atoms with Gasteiger partial charge in [0, 0.05) is 24.8 Å². The van der Waals surface area contributed by atoms with Gasteiger partial charge >= 0.3 is 6.09 Å². The summed E-state index contributed by atoms with van der Waals surface area (Å²) < 4.78 is 1.91. The van der Waals surface area contributed by atoms with Crippen LogP contribution in [0.3, 0.4) is 0 Å². The van der Waals surface area contributed by atoms with Crippen LogP contribution in [0.5, 0.6) is 0 Å². The Hall–Kier alpha value is -3.35. The average Bonchev–Trinajstić information content (AvgIpc) is 3.02. The van der Waals surface area contributed by atoms with Gasteiger partial charge in [-0.3, -0.25) is 9.36 Å². The normalized spacial score (nSPS) is 10.5. The summed E-state index contributed by atoms with van der Waals surface area (Å²) in [5.41, 5.74) is 3.95. The first-order valence-corrected chi connectivity index (χ1v) is 7.34. The third-order valence-corrected chi connectivity index (χ3v) is 3.69. The monoisotopic (exact) mass is 324 g/mol. The Balaban J connectivity index is 1.89. The van der Waals surface area contributed by atoms with Crippen LogP contribution in [-0.4, -0.2) is 33.7 Å². The van der Waals surface area contributed by atoms with E-state index in [4.69, 9.17) is 5.11 Å². The van der Waals surface area contributed by atoms with Crippen molar-refractivity contribution in [2.45, 2.75) is 6.54 Å². The van der Waals surface area contributed by atoms with Gasteiger partial charge in [0.1, 0.15) is 6.33 Å². The van der Waals surface area contributed by atoms with Crippen LogP contribution < -0.4 is 10.6 Å². The number of nitrogens with zero attached hydrogens (tertiary/aromatic N) is 2. The molecule has 3 rings (SSSR count). The van der Waals surface area contributed by atoms with Crippen LogP contribution in [0, 0.1) is 0 Å². The molecule has 3 aromatic rings. The highest BCUT2D eigenvalue weighted by atomic mass is 16.4. The van der Waals surface area contributed by atoms with Crippen LogP contribution in [0.1, 0.15) is 15.9 Å². The molecule has 1 aromatic heterocycles. The molecule has 2 amide bonds. The van der Waals surface area contributed by atoms with E-state index in [-0.39, 0.29) is 12.5 Å². The lowest BCUT2D eigenvalue weighted by Crippen LogP contribution is -2.19. The zero-order valence-electron chi connectivity index (χ0n) is 13.0. The van der Waals surface area contributed by atoms with Crippen molar-refractivity contribution in [3.63, 3.8) is 0 Å². The number of rotatable bonds is 4. The lowest BCUT2D eigenvalue weighted by Gasteiger charge is -2.07. The highest BCUT2D eigenvalue weighted by Gasteiger charge is 2.09. The number of hydrogen-bond acceptors (Lipinski definition) is 3. The van der Waals surface area contributed by atoms with Crippen molar-refractivity contribution in [3.05, 3.63) is 59.9 Å². The molecular weight excluding hydrogens is 308 g/mol. The number of benzene rings is 2. The van der Waals surface area contributed by atoms with Crippen molar-refractivity contribution in [3.8, 4) is 5.69 Å². The van der Waals surface area contributed by atoms with Gasteiger partial charge in [-0.25, -0.2) is 9.78 Å². The Bertz CT molecular complexity index is 900. The number of fused-ring (bicyclic) bond motifs is 1. The van der Waals surface area contributed by atoms with Crippen molar-refractivity contribution in [1.82, 2.24) is 20.2 Å². The summed E-state index contributed by atoms with van der Waals surface area (Å²) in [4.78, 5) is 26.6. The molecule has 0 bridgehead atoms. The summed E-state index contributed by atoms with van der Waals surface area (Å²) >= 11 is 0. The van der Waals surface area contributed by atoms with E-state index in [0.717, 1.165) is 22.3 Å². The van der Waals surface area contributed by atoms with E-state index < -0.39 is 6.09 Å². The Kier molecular flexibility index (Phi) is 4.15. The first kappa shape index (κ1) is 15.5. The van der Waals surface area contributed by atoms with Crippen molar-refractivity contribution in [2.75, 3.05) is 7.05 Å². The molecule has 0 unspecified atom stereocenters. The van der Waals surface area contributed by atoms with E-state index in [2.05, 4.69) is 15.6 Å². The Morgan fingerprint density at radius 1 is 1.17 bits per heavy atom. The van der Waals surface area contributed by atoms with Gasteiger partial charge in [0.25, 0.3) is 5.91 Å². The third-order valence-electron chi connectivity index (χ3n) is 3.69. The van der Waals surface area contributed by atoms with Crippen LogP contribution in [-0.2, 0) is 6.54 Å². The lowest BCUT2D eigenvalue weighted by molar-refractivity contribution is 0.0963. The molecule has 0 aliphatic carbocycles. The van der Waals surface area contributed by atoms with E-state index in [9.17, 15) is 9.59 Å². The van der Waals surface area contributed by atoms with Crippen molar-refractivity contribution < 1.29 is 14.7 Å². The molecule has 7 heteroatoms. The second-order valence-corrected chi connectivity index (χ2v) is 5.22. The van der Waals surface area contributed by atoms with Gasteiger partial charge in [0.15, 0.2) is 0 Å². The first-order chi connectivity index (χ1) is 11.6. The van der Waals surface area contributed by atoms with Gasteiger partial charge in [-0.1, -0.05) is 12.1 Å². The predicted octanol–water partition coefficient (Wildman–Crippen LogP) is 2.15. The van der Waals surface area contributed by atoms with Gasteiger partial charge < -0.3 is 15.7 Å². The van der Waals surface area contributed by atoms with Gasteiger partial charge in [0.05, 0.1) is 11.0 Å². The molecule has 1 heterocycles. The van der Waals surface area contributed by atoms with Crippen molar-refractivity contribution in [1.29, 1.82) is 0 Å². The summed E-state index contributed by atoms with van der Waals surface area (Å²) in [7, 11) is 1.59. The summed E-state index contributed by atoms with van der Waals surface area (Å²) in [6.07, 6.45) is 0.648. The maximum Gasteiger partial charge on any atom is 0.404 e. The van der Waals surface area contributed by atoms with Gasteiger partial charge in [-0.2, -0.15) is 0 Å². The molecule has 0 spiro atoms. The van der Waals surface area contributed by atoms with Crippen LogP contribution in [0.25, 0.3) is 16.7 Å². The molecular formula is C17H16N4O3. The highest BCUT2D eigenvalue weighted by molar-refractivity contribution is 5.97. The van der Waals surface area contributed by atoms with Crippen LogP contribution in [0.2, 0.25) is 0 Å². The van der Waals surface area contributed by atoms with E-state index in [1.54, 1.807) is 25.5 Å². The Morgan fingerprint density at radius 3 is 2.58 bits per heavy atom. The largest absolute Gasteiger partial charge is 0.465 e. The Morgan fingerprint density at radius 2 is 1.92 bits per heavy atom. The molecule has 0 aliphatic heterocycles. The quantitative estimate of drug-likeness (QED) is 0.685. The maximum absolute atomic E-state index is 11.7. The second kappa shape index (κ2) is 6.41. The highest BCUT2D eigenvalue weighted by Crippen LogP contribution is 2.20. The fourth-order valence-corrected chi connectivity index (χ4v) is 2.46. The molecule has 7 nitrogen and oxygen atoms in total. The number of carbonyl (C=O) groups is 2. The predicted molar refractivity (Wildman–Crippen MR) is 89.3 cm³/mol. The van der Waals surface area contributed by atoms with E-state index in [1.807, 2.05) is 34.9 Å². The van der Waals surface area contributed by atoms with Gasteiger partial charge in [0.2, 0.25) is 0 Å². The number of carbonyl (C=O) groups excluding carboxylic acids is 1. The van der Waals surface area contributed by atoms with E-state index in [0.29, 0.717) is 5.56 Å². The number of amides is 2. The number of hydrogen-bond donors (Lipinski definition) is 3. The van der Waals surface area contributed by atoms with E-state index >= 15 is 0 Å². The molecule has 122 valence electrons. The van der Waals surface area contributed by atoms with Crippen LogP contribution in [0.15, 0.2) is 48.8 Å². The minimum absolute atomic E-state index is 0.151. The second-order valence-electron chi connectivity index (χ2n) is 5.22.